The lowest BCUT2D eigenvalue weighted by Gasteiger charge is -2.31. The van der Waals surface area contributed by atoms with E-state index in [4.69, 9.17) is 14.2 Å². The molecule has 0 aliphatic carbocycles. The van der Waals surface area contributed by atoms with Crippen LogP contribution in [0.5, 0.6) is 17.2 Å². The number of aliphatic hydroxyl groups excluding tert-OH is 1. The summed E-state index contributed by atoms with van der Waals surface area (Å²) in [6, 6.07) is 11.2. The van der Waals surface area contributed by atoms with Gasteiger partial charge < -0.3 is 29.5 Å². The third kappa shape index (κ3) is 4.96. The van der Waals surface area contributed by atoms with Gasteiger partial charge in [-0.05, 0) is 42.0 Å². The van der Waals surface area contributed by atoms with Gasteiger partial charge in [-0.2, -0.15) is 0 Å². The molecule has 2 heterocycles. The summed E-state index contributed by atoms with van der Waals surface area (Å²) in [5.41, 5.74) is 1.13. The Balaban J connectivity index is 1.77. The molecule has 4 rings (SSSR count). The molecule has 2 saturated heterocycles. The van der Waals surface area contributed by atoms with E-state index < -0.39 is 17.7 Å². The maximum Gasteiger partial charge on any atom is 0.295 e. The first-order valence-electron chi connectivity index (χ1n) is 11.6. The van der Waals surface area contributed by atoms with Gasteiger partial charge in [0, 0.05) is 44.8 Å². The number of carbonyl (C=O) groups is 2. The maximum atomic E-state index is 13.3. The van der Waals surface area contributed by atoms with Crippen molar-refractivity contribution in [2.24, 2.45) is 0 Å². The molecule has 2 aliphatic heterocycles. The second-order valence-electron chi connectivity index (χ2n) is 8.43. The van der Waals surface area contributed by atoms with Gasteiger partial charge in [0.05, 0.1) is 32.9 Å². The van der Waals surface area contributed by atoms with Gasteiger partial charge in [-0.3, -0.25) is 14.5 Å². The molecule has 0 radical (unpaired) electrons. The largest absolute Gasteiger partial charge is 0.507 e. The van der Waals surface area contributed by atoms with Crippen LogP contribution in [0.15, 0.2) is 48.0 Å². The molecule has 0 saturated carbocycles. The molecular formula is C26H31N3O6. The molecule has 35 heavy (non-hydrogen) atoms. The molecule has 186 valence electrons. The number of hydrogen-bond acceptors (Lipinski definition) is 8. The first kappa shape index (κ1) is 24.6. The van der Waals surface area contributed by atoms with Gasteiger partial charge in [0.25, 0.3) is 11.7 Å². The third-order valence-corrected chi connectivity index (χ3v) is 6.49. The lowest BCUT2D eigenvalue weighted by Crippen LogP contribution is -2.46. The summed E-state index contributed by atoms with van der Waals surface area (Å²) >= 11 is 0. The van der Waals surface area contributed by atoms with Crippen molar-refractivity contribution in [3.8, 4) is 17.2 Å². The summed E-state index contributed by atoms with van der Waals surface area (Å²) in [6.45, 7) is 4.49. The highest BCUT2D eigenvalue weighted by Crippen LogP contribution is 2.42. The van der Waals surface area contributed by atoms with Gasteiger partial charge in [0.2, 0.25) is 0 Å². The normalized spacial score (nSPS) is 20.2. The zero-order chi connectivity index (χ0) is 24.9. The number of piperazine rings is 1. The van der Waals surface area contributed by atoms with Crippen molar-refractivity contribution in [1.29, 1.82) is 0 Å². The number of likely N-dealkylation sites (tertiary alicyclic amines) is 1. The molecule has 0 spiro atoms. The standard InChI is InChI=1S/C26H31N3O6/c1-33-19-7-4-17(5-8-19)24(30)22-23(18-6-9-20(34-2)21(16-18)35-3)29(26(32)25(22)31)15-14-28-12-10-27-11-13-28/h4-9,16,23,27,30H,10-15H2,1-3H3. The average Bonchev–Trinajstić information content (AvgIpc) is 3.16. The Kier molecular flexibility index (Phi) is 7.57. The van der Waals surface area contributed by atoms with E-state index >= 15 is 0 Å². The van der Waals surface area contributed by atoms with Gasteiger partial charge in [0.1, 0.15) is 11.5 Å². The number of Topliss-reactive ketones (excluding diaryl/α,β-unsaturated/α-hetero) is 1. The average molecular weight is 482 g/mol. The Morgan fingerprint density at radius 3 is 2.26 bits per heavy atom. The number of methoxy groups -OCH3 is 3. The summed E-state index contributed by atoms with van der Waals surface area (Å²) in [4.78, 5) is 30.3. The first-order valence-corrected chi connectivity index (χ1v) is 11.6. The highest BCUT2D eigenvalue weighted by Gasteiger charge is 2.46. The predicted molar refractivity (Wildman–Crippen MR) is 131 cm³/mol. The van der Waals surface area contributed by atoms with Crippen molar-refractivity contribution in [2.75, 3.05) is 60.6 Å². The molecule has 0 bridgehead atoms. The van der Waals surface area contributed by atoms with E-state index in [-0.39, 0.29) is 11.3 Å². The van der Waals surface area contributed by atoms with E-state index in [9.17, 15) is 14.7 Å². The Morgan fingerprint density at radius 1 is 0.943 bits per heavy atom. The van der Waals surface area contributed by atoms with Crippen molar-refractivity contribution in [2.45, 2.75) is 6.04 Å². The molecule has 1 atom stereocenters. The Labute approximate surface area is 204 Å². The molecule has 1 unspecified atom stereocenters. The first-order chi connectivity index (χ1) is 17.0. The van der Waals surface area contributed by atoms with Gasteiger partial charge >= 0.3 is 0 Å². The summed E-state index contributed by atoms with van der Waals surface area (Å²) in [5.74, 6) is 0.0598. The number of ether oxygens (including phenoxy) is 3. The van der Waals surface area contributed by atoms with E-state index in [2.05, 4.69) is 10.2 Å². The van der Waals surface area contributed by atoms with Crippen molar-refractivity contribution < 1.29 is 28.9 Å². The molecule has 9 nitrogen and oxygen atoms in total. The smallest absolute Gasteiger partial charge is 0.295 e. The molecule has 2 aromatic carbocycles. The summed E-state index contributed by atoms with van der Waals surface area (Å²) in [7, 11) is 4.62. The number of amides is 1. The van der Waals surface area contributed by atoms with Crippen LogP contribution in [0.1, 0.15) is 17.2 Å². The van der Waals surface area contributed by atoms with E-state index in [0.29, 0.717) is 41.5 Å². The lowest BCUT2D eigenvalue weighted by molar-refractivity contribution is -0.140. The highest BCUT2D eigenvalue weighted by atomic mass is 16.5. The van der Waals surface area contributed by atoms with Crippen LogP contribution in [-0.4, -0.2) is 87.2 Å². The van der Waals surface area contributed by atoms with Crippen molar-refractivity contribution >= 4 is 17.4 Å². The molecule has 1 amide bonds. The molecule has 2 N–H and O–H groups in total. The van der Waals surface area contributed by atoms with E-state index in [1.54, 1.807) is 61.6 Å². The van der Waals surface area contributed by atoms with Crippen LogP contribution < -0.4 is 19.5 Å². The van der Waals surface area contributed by atoms with Crippen molar-refractivity contribution in [3.63, 3.8) is 0 Å². The lowest BCUT2D eigenvalue weighted by atomic mass is 9.95. The number of ketones is 1. The SMILES string of the molecule is COc1ccc(C(O)=C2C(=O)C(=O)N(CCN3CCNCC3)C2c2ccc(OC)c(OC)c2)cc1. The number of rotatable bonds is 8. The predicted octanol–water partition coefficient (Wildman–Crippen LogP) is 2.04. The van der Waals surface area contributed by atoms with Gasteiger partial charge in [-0.1, -0.05) is 6.07 Å². The zero-order valence-electron chi connectivity index (χ0n) is 20.2. The quantitative estimate of drug-likeness (QED) is 0.336. The van der Waals surface area contributed by atoms with Crippen LogP contribution in [0.25, 0.3) is 5.76 Å². The second-order valence-corrected chi connectivity index (χ2v) is 8.43. The van der Waals surface area contributed by atoms with Crippen LogP contribution >= 0.6 is 0 Å². The molecule has 2 fully saturated rings. The Bertz CT molecular complexity index is 1110. The van der Waals surface area contributed by atoms with Crippen LogP contribution in [0.3, 0.4) is 0 Å². The minimum atomic E-state index is -0.764. The van der Waals surface area contributed by atoms with Crippen LogP contribution in [0.4, 0.5) is 0 Å². The number of nitrogens with zero attached hydrogens (tertiary/aromatic N) is 2. The van der Waals surface area contributed by atoms with Crippen LogP contribution in [0, 0.1) is 0 Å². The van der Waals surface area contributed by atoms with Gasteiger partial charge in [-0.15, -0.1) is 0 Å². The van der Waals surface area contributed by atoms with Crippen LogP contribution in [0.2, 0.25) is 0 Å². The molecule has 2 aliphatic rings. The molecule has 9 heteroatoms. The van der Waals surface area contributed by atoms with Crippen molar-refractivity contribution in [3.05, 3.63) is 59.2 Å². The molecular weight excluding hydrogens is 450 g/mol. The fourth-order valence-electron chi connectivity index (χ4n) is 4.57. The van der Waals surface area contributed by atoms with Gasteiger partial charge in [-0.25, -0.2) is 0 Å². The topological polar surface area (TPSA) is 101 Å². The second kappa shape index (κ2) is 10.8. The van der Waals surface area contributed by atoms with Gasteiger partial charge in [0.15, 0.2) is 11.5 Å². The third-order valence-electron chi connectivity index (χ3n) is 6.49. The zero-order valence-corrected chi connectivity index (χ0v) is 20.2. The Morgan fingerprint density at radius 2 is 1.63 bits per heavy atom. The highest BCUT2D eigenvalue weighted by molar-refractivity contribution is 6.46. The van der Waals surface area contributed by atoms with E-state index in [1.807, 2.05) is 0 Å². The monoisotopic (exact) mass is 481 g/mol. The van der Waals surface area contributed by atoms with E-state index in [0.717, 1.165) is 26.2 Å². The number of benzene rings is 2. The maximum absolute atomic E-state index is 13.3. The van der Waals surface area contributed by atoms with Crippen LogP contribution in [-0.2, 0) is 9.59 Å². The fraction of sp³-hybridized carbons (Fsp3) is 0.385. The van der Waals surface area contributed by atoms with E-state index in [1.165, 1.54) is 7.11 Å². The Hall–Kier alpha value is -3.56. The summed E-state index contributed by atoms with van der Waals surface area (Å²) < 4.78 is 16.0. The summed E-state index contributed by atoms with van der Waals surface area (Å²) in [5, 5.41) is 14.5. The number of nitrogens with one attached hydrogen (secondary N) is 1. The number of hydrogen-bond donors (Lipinski definition) is 2. The minimum Gasteiger partial charge on any atom is -0.507 e. The molecule has 0 aromatic heterocycles. The fourth-order valence-corrected chi connectivity index (χ4v) is 4.57. The number of aliphatic hydroxyl groups is 1. The minimum absolute atomic E-state index is 0.0488. The van der Waals surface area contributed by atoms with Crippen molar-refractivity contribution in [1.82, 2.24) is 15.1 Å². The number of carbonyl (C=O) groups excluding carboxylic acids is 2. The summed E-state index contributed by atoms with van der Waals surface area (Å²) in [6.07, 6.45) is 0. The molecule has 2 aromatic rings.